The molecule has 0 radical (unpaired) electrons. The highest BCUT2D eigenvalue weighted by Crippen LogP contribution is 2.23. The van der Waals surface area contributed by atoms with Gasteiger partial charge in [0.15, 0.2) is 0 Å². The molecular weight excluding hydrogens is 317 g/mol. The Bertz CT molecular complexity index is 622. The number of anilines is 1. The van der Waals surface area contributed by atoms with Crippen LogP contribution in [-0.4, -0.2) is 21.0 Å². The number of carboxylic acid groups (broad SMARTS) is 1. The van der Waals surface area contributed by atoms with Gasteiger partial charge in [0.2, 0.25) is 0 Å². The van der Waals surface area contributed by atoms with Crippen molar-refractivity contribution in [1.82, 2.24) is 9.97 Å². The van der Waals surface area contributed by atoms with Crippen molar-refractivity contribution >= 4 is 27.6 Å². The number of aromatic carboxylic acids is 1. The van der Waals surface area contributed by atoms with Crippen molar-refractivity contribution in [2.75, 3.05) is 5.32 Å². The Kier molecular flexibility index (Phi) is 4.06. The van der Waals surface area contributed by atoms with E-state index in [0.29, 0.717) is 15.9 Å². The van der Waals surface area contributed by atoms with E-state index < -0.39 is 5.97 Å². The largest absolute Gasteiger partial charge is 0.478 e. The van der Waals surface area contributed by atoms with E-state index >= 15 is 0 Å². The van der Waals surface area contributed by atoms with Gasteiger partial charge in [0, 0.05) is 10.7 Å². The standard InChI is InChI=1S/C12H9BrFN3O2/c13-9-2-1-7(14)3-10(9)16-5-11-8(12(18)19)4-15-6-17-11/h1-4,6,16H,5H2,(H,18,19). The summed E-state index contributed by atoms with van der Waals surface area (Å²) >= 11 is 3.27. The lowest BCUT2D eigenvalue weighted by Crippen LogP contribution is -2.10. The second kappa shape index (κ2) is 5.75. The molecule has 0 aliphatic heterocycles. The van der Waals surface area contributed by atoms with E-state index in [2.05, 4.69) is 31.2 Å². The lowest BCUT2D eigenvalue weighted by atomic mass is 10.2. The summed E-state index contributed by atoms with van der Waals surface area (Å²) in [6, 6.07) is 4.20. The maximum Gasteiger partial charge on any atom is 0.339 e. The Labute approximate surface area is 116 Å². The Hall–Kier alpha value is -2.02. The van der Waals surface area contributed by atoms with Crippen LogP contribution in [0.1, 0.15) is 16.1 Å². The van der Waals surface area contributed by atoms with E-state index in [1.54, 1.807) is 6.07 Å². The fraction of sp³-hybridized carbons (Fsp3) is 0.0833. The second-order valence-corrected chi connectivity index (χ2v) is 4.52. The molecule has 0 spiro atoms. The summed E-state index contributed by atoms with van der Waals surface area (Å²) in [6.45, 7) is 0.159. The summed E-state index contributed by atoms with van der Waals surface area (Å²) in [5.41, 5.74) is 0.871. The minimum Gasteiger partial charge on any atom is -0.478 e. The third-order valence-corrected chi connectivity index (χ3v) is 3.09. The number of nitrogens with one attached hydrogen (secondary N) is 1. The maximum atomic E-state index is 13.1. The first-order valence-electron chi connectivity index (χ1n) is 5.29. The summed E-state index contributed by atoms with van der Waals surface area (Å²) in [7, 11) is 0. The van der Waals surface area contributed by atoms with Gasteiger partial charge >= 0.3 is 5.97 Å². The topological polar surface area (TPSA) is 75.1 Å². The molecule has 0 bridgehead atoms. The lowest BCUT2D eigenvalue weighted by Gasteiger charge is -2.09. The van der Waals surface area contributed by atoms with Gasteiger partial charge in [-0.1, -0.05) is 0 Å². The Morgan fingerprint density at radius 2 is 2.26 bits per heavy atom. The van der Waals surface area contributed by atoms with Gasteiger partial charge in [0.25, 0.3) is 0 Å². The molecule has 2 N–H and O–H groups in total. The summed E-state index contributed by atoms with van der Waals surface area (Å²) in [6.07, 6.45) is 2.50. The molecule has 98 valence electrons. The van der Waals surface area contributed by atoms with Gasteiger partial charge in [-0.05, 0) is 34.1 Å². The quantitative estimate of drug-likeness (QED) is 0.903. The Balaban J connectivity index is 2.19. The van der Waals surface area contributed by atoms with Gasteiger partial charge in [-0.3, -0.25) is 0 Å². The van der Waals surface area contributed by atoms with Crippen LogP contribution in [0.15, 0.2) is 35.2 Å². The van der Waals surface area contributed by atoms with E-state index in [-0.39, 0.29) is 17.9 Å². The van der Waals surface area contributed by atoms with Crippen molar-refractivity contribution in [3.63, 3.8) is 0 Å². The number of benzene rings is 1. The Morgan fingerprint density at radius 3 is 3.00 bits per heavy atom. The number of carbonyl (C=O) groups is 1. The molecule has 2 rings (SSSR count). The van der Waals surface area contributed by atoms with Crippen molar-refractivity contribution in [1.29, 1.82) is 0 Å². The minimum absolute atomic E-state index is 0.0162. The second-order valence-electron chi connectivity index (χ2n) is 3.67. The SMILES string of the molecule is O=C(O)c1cncnc1CNc1cc(F)ccc1Br. The minimum atomic E-state index is -1.10. The molecule has 1 aromatic carbocycles. The van der Waals surface area contributed by atoms with Crippen LogP contribution in [0.5, 0.6) is 0 Å². The van der Waals surface area contributed by atoms with E-state index in [1.165, 1.54) is 24.7 Å². The molecule has 0 saturated carbocycles. The molecular formula is C12H9BrFN3O2. The number of nitrogens with zero attached hydrogens (tertiary/aromatic N) is 2. The zero-order chi connectivity index (χ0) is 13.8. The third-order valence-electron chi connectivity index (χ3n) is 2.40. The zero-order valence-electron chi connectivity index (χ0n) is 9.60. The van der Waals surface area contributed by atoms with Crippen molar-refractivity contribution in [2.24, 2.45) is 0 Å². The first kappa shape index (κ1) is 13.4. The van der Waals surface area contributed by atoms with Gasteiger partial charge in [-0.25, -0.2) is 19.2 Å². The number of halogens is 2. The highest BCUT2D eigenvalue weighted by Gasteiger charge is 2.11. The summed E-state index contributed by atoms with van der Waals surface area (Å²) < 4.78 is 13.8. The molecule has 0 atom stereocenters. The van der Waals surface area contributed by atoms with Gasteiger partial charge in [-0.2, -0.15) is 0 Å². The predicted molar refractivity (Wildman–Crippen MR) is 70.4 cm³/mol. The molecule has 0 aliphatic rings. The molecule has 19 heavy (non-hydrogen) atoms. The third kappa shape index (κ3) is 3.25. The van der Waals surface area contributed by atoms with E-state index in [9.17, 15) is 9.18 Å². The average Bonchev–Trinajstić information content (AvgIpc) is 2.40. The van der Waals surface area contributed by atoms with Gasteiger partial charge in [0.05, 0.1) is 17.9 Å². The van der Waals surface area contributed by atoms with Crippen LogP contribution in [0.3, 0.4) is 0 Å². The first-order valence-corrected chi connectivity index (χ1v) is 6.08. The molecule has 0 saturated heterocycles. The number of hydrogen-bond donors (Lipinski definition) is 2. The van der Waals surface area contributed by atoms with Crippen LogP contribution in [0.4, 0.5) is 10.1 Å². The molecule has 1 heterocycles. The van der Waals surface area contributed by atoms with Crippen LogP contribution in [0.25, 0.3) is 0 Å². The predicted octanol–water partition coefficient (Wildman–Crippen LogP) is 2.69. The number of aromatic nitrogens is 2. The van der Waals surface area contributed by atoms with Crippen LogP contribution < -0.4 is 5.32 Å². The zero-order valence-corrected chi connectivity index (χ0v) is 11.2. The van der Waals surface area contributed by atoms with Gasteiger partial charge in [-0.15, -0.1) is 0 Å². The molecule has 7 heteroatoms. The summed E-state index contributed by atoms with van der Waals surface area (Å²) in [4.78, 5) is 18.5. The van der Waals surface area contributed by atoms with Crippen LogP contribution in [0, 0.1) is 5.82 Å². The summed E-state index contributed by atoms with van der Waals surface area (Å²) in [5, 5.41) is 11.9. The molecule has 5 nitrogen and oxygen atoms in total. The Morgan fingerprint density at radius 1 is 1.47 bits per heavy atom. The van der Waals surface area contributed by atoms with E-state index in [0.717, 1.165) is 0 Å². The first-order chi connectivity index (χ1) is 9.08. The van der Waals surface area contributed by atoms with Crippen LogP contribution in [-0.2, 0) is 6.54 Å². The highest BCUT2D eigenvalue weighted by atomic mass is 79.9. The maximum absolute atomic E-state index is 13.1. The molecule has 0 amide bonds. The molecule has 0 aliphatic carbocycles. The fourth-order valence-electron chi connectivity index (χ4n) is 1.49. The van der Waals surface area contributed by atoms with Gasteiger partial charge < -0.3 is 10.4 Å². The van der Waals surface area contributed by atoms with Crippen molar-refractivity contribution in [3.8, 4) is 0 Å². The van der Waals surface area contributed by atoms with Crippen molar-refractivity contribution in [2.45, 2.75) is 6.54 Å². The van der Waals surface area contributed by atoms with Crippen LogP contribution >= 0.6 is 15.9 Å². The lowest BCUT2D eigenvalue weighted by molar-refractivity contribution is 0.0694. The van der Waals surface area contributed by atoms with Crippen molar-refractivity contribution in [3.05, 3.63) is 52.3 Å². The molecule has 0 unspecified atom stereocenters. The number of rotatable bonds is 4. The fourth-order valence-corrected chi connectivity index (χ4v) is 1.87. The number of carboxylic acids is 1. The normalized spacial score (nSPS) is 10.2. The van der Waals surface area contributed by atoms with Gasteiger partial charge in [0.1, 0.15) is 17.7 Å². The van der Waals surface area contributed by atoms with Crippen LogP contribution in [0.2, 0.25) is 0 Å². The smallest absolute Gasteiger partial charge is 0.339 e. The molecule has 1 aromatic heterocycles. The van der Waals surface area contributed by atoms with E-state index in [1.807, 2.05) is 0 Å². The number of hydrogen-bond acceptors (Lipinski definition) is 4. The summed E-state index contributed by atoms with van der Waals surface area (Å²) in [5.74, 6) is -1.48. The highest BCUT2D eigenvalue weighted by molar-refractivity contribution is 9.10. The molecule has 0 fully saturated rings. The average molecular weight is 326 g/mol. The monoisotopic (exact) mass is 325 g/mol. The van der Waals surface area contributed by atoms with E-state index in [4.69, 9.17) is 5.11 Å². The molecule has 2 aromatic rings. The van der Waals surface area contributed by atoms with Crippen molar-refractivity contribution < 1.29 is 14.3 Å².